The maximum atomic E-state index is 10.8. The molecule has 0 aliphatic carbocycles. The number of aromatic amines is 1. The molecule has 0 amide bonds. The molecule has 0 unspecified atom stereocenters. The number of hydrogen-bond acceptors (Lipinski definition) is 4. The maximum absolute atomic E-state index is 10.8. The van der Waals surface area contributed by atoms with Crippen molar-refractivity contribution in [3.8, 4) is 0 Å². The third-order valence-corrected chi connectivity index (χ3v) is 2.89. The van der Waals surface area contributed by atoms with Crippen molar-refractivity contribution < 1.29 is 8.42 Å². The second kappa shape index (κ2) is 5.67. The highest BCUT2D eigenvalue weighted by Gasteiger charge is 2.11. The van der Waals surface area contributed by atoms with Crippen LogP contribution in [0.5, 0.6) is 0 Å². The van der Waals surface area contributed by atoms with Crippen molar-refractivity contribution in [1.82, 2.24) is 9.97 Å². The number of rotatable bonds is 1. The topological polar surface area (TPSA) is 115 Å². The molecule has 0 saturated carbocycles. The van der Waals surface area contributed by atoms with Crippen LogP contribution in [0.4, 0.5) is 5.69 Å². The molecule has 1 aromatic heterocycles. The van der Waals surface area contributed by atoms with Gasteiger partial charge in [0.15, 0.2) is 0 Å². The molecule has 2 rings (SSSR count). The van der Waals surface area contributed by atoms with Gasteiger partial charge in [-0.1, -0.05) is 11.6 Å². The Morgan fingerprint density at radius 3 is 2.41 bits per heavy atom. The van der Waals surface area contributed by atoms with Gasteiger partial charge in [0.05, 0.1) is 12.0 Å². The van der Waals surface area contributed by atoms with E-state index >= 15 is 0 Å². The van der Waals surface area contributed by atoms with Gasteiger partial charge in [-0.3, -0.25) is 0 Å². The first-order valence-corrected chi connectivity index (χ1v) is 6.34. The number of nitrogen functional groups attached to an aromatic ring is 1. The molecule has 92 valence electrons. The van der Waals surface area contributed by atoms with Crippen molar-refractivity contribution in [2.24, 2.45) is 5.14 Å². The number of nitrogens with zero attached hydrogens (tertiary/aromatic N) is 1. The molecule has 2 aromatic rings. The van der Waals surface area contributed by atoms with Gasteiger partial charge in [-0.25, -0.2) is 18.5 Å². The van der Waals surface area contributed by atoms with E-state index in [1.807, 2.05) is 0 Å². The van der Waals surface area contributed by atoms with E-state index in [2.05, 4.69) is 9.97 Å². The molecule has 0 saturated heterocycles. The first-order chi connectivity index (χ1) is 7.91. The standard InChI is InChI=1S/C6H7ClN2O2S.C3H4N2/c7-4-1-2-5(8)6(3-4)12(9,10)11;1-2-5-3-4-1/h1-3H,8H2,(H2,9,10,11);1-3H,(H,4,5). The third-order valence-electron chi connectivity index (χ3n) is 1.69. The first kappa shape index (κ1) is 13.5. The minimum atomic E-state index is -3.77. The average molecular weight is 275 g/mol. The smallest absolute Gasteiger partial charge is 0.240 e. The highest BCUT2D eigenvalue weighted by atomic mass is 35.5. The number of imidazole rings is 1. The van der Waals surface area contributed by atoms with Crippen LogP contribution in [0.25, 0.3) is 0 Å². The molecule has 0 spiro atoms. The van der Waals surface area contributed by atoms with E-state index in [0.29, 0.717) is 0 Å². The summed E-state index contributed by atoms with van der Waals surface area (Å²) in [4.78, 5) is 6.27. The van der Waals surface area contributed by atoms with Gasteiger partial charge in [-0.15, -0.1) is 0 Å². The van der Waals surface area contributed by atoms with Gasteiger partial charge >= 0.3 is 0 Å². The van der Waals surface area contributed by atoms with Crippen molar-refractivity contribution in [2.75, 3.05) is 5.73 Å². The number of halogens is 1. The monoisotopic (exact) mass is 274 g/mol. The molecule has 1 aromatic carbocycles. The van der Waals surface area contributed by atoms with Crippen molar-refractivity contribution in [3.05, 3.63) is 41.9 Å². The highest BCUT2D eigenvalue weighted by molar-refractivity contribution is 7.89. The Bertz CT molecular complexity index is 551. The van der Waals surface area contributed by atoms with Crippen LogP contribution in [0.2, 0.25) is 5.02 Å². The van der Waals surface area contributed by atoms with Crippen LogP contribution in [0.3, 0.4) is 0 Å². The van der Waals surface area contributed by atoms with Gasteiger partial charge in [-0.05, 0) is 18.2 Å². The van der Waals surface area contributed by atoms with Crippen LogP contribution >= 0.6 is 11.6 Å². The maximum Gasteiger partial charge on any atom is 0.240 e. The normalized spacial score (nSPS) is 10.5. The Balaban J connectivity index is 0.000000239. The van der Waals surface area contributed by atoms with E-state index in [4.69, 9.17) is 22.5 Å². The van der Waals surface area contributed by atoms with Gasteiger partial charge in [0, 0.05) is 17.4 Å². The van der Waals surface area contributed by atoms with E-state index < -0.39 is 10.0 Å². The minimum Gasteiger partial charge on any atom is -0.398 e. The zero-order valence-electron chi connectivity index (χ0n) is 8.67. The van der Waals surface area contributed by atoms with Crippen LogP contribution in [0.15, 0.2) is 41.8 Å². The Morgan fingerprint density at radius 2 is 2.06 bits per heavy atom. The molecule has 1 heterocycles. The van der Waals surface area contributed by atoms with Crippen molar-refractivity contribution >= 4 is 27.3 Å². The lowest BCUT2D eigenvalue weighted by Gasteiger charge is -2.02. The molecule has 0 aliphatic heterocycles. The van der Waals surface area contributed by atoms with Gasteiger partial charge in [0.2, 0.25) is 10.0 Å². The predicted molar refractivity (Wildman–Crippen MR) is 65.8 cm³/mol. The molecule has 0 aliphatic rings. The number of anilines is 1. The Hall–Kier alpha value is -1.57. The largest absolute Gasteiger partial charge is 0.398 e. The first-order valence-electron chi connectivity index (χ1n) is 4.42. The molecular formula is C9H11ClN4O2S. The second-order valence-electron chi connectivity index (χ2n) is 2.99. The number of nitrogens with one attached hydrogen (secondary N) is 1. The third kappa shape index (κ3) is 4.43. The Labute approximate surface area is 104 Å². The number of benzene rings is 1. The summed E-state index contributed by atoms with van der Waals surface area (Å²) in [6, 6.07) is 4.10. The summed E-state index contributed by atoms with van der Waals surface area (Å²) in [5, 5.41) is 5.15. The molecule has 17 heavy (non-hydrogen) atoms. The Kier molecular flexibility index (Phi) is 4.50. The molecule has 0 atom stereocenters. The number of nitrogens with two attached hydrogens (primary N) is 2. The summed E-state index contributed by atoms with van der Waals surface area (Å²) in [5.74, 6) is 0. The van der Waals surface area contributed by atoms with Crippen LogP contribution in [0, 0.1) is 0 Å². The molecule has 0 fully saturated rings. The quantitative estimate of drug-likeness (QED) is 0.672. The second-order valence-corrected chi connectivity index (χ2v) is 4.95. The molecule has 8 heteroatoms. The van der Waals surface area contributed by atoms with Gasteiger partial charge in [0.25, 0.3) is 0 Å². The SMILES string of the molecule is Nc1ccc(Cl)cc1S(N)(=O)=O.c1c[nH]cn1. The minimum absolute atomic E-state index is 0.0990. The zero-order chi connectivity index (χ0) is 12.9. The summed E-state index contributed by atoms with van der Waals surface area (Å²) < 4.78 is 21.7. The van der Waals surface area contributed by atoms with E-state index in [1.54, 1.807) is 18.7 Å². The molecule has 0 bridgehead atoms. The van der Waals surface area contributed by atoms with E-state index in [-0.39, 0.29) is 15.6 Å². The van der Waals surface area contributed by atoms with Crippen LogP contribution in [-0.2, 0) is 10.0 Å². The lowest BCUT2D eigenvalue weighted by Crippen LogP contribution is -2.14. The fraction of sp³-hybridized carbons (Fsp3) is 0. The highest BCUT2D eigenvalue weighted by Crippen LogP contribution is 2.20. The van der Waals surface area contributed by atoms with Crippen molar-refractivity contribution in [1.29, 1.82) is 0 Å². The lowest BCUT2D eigenvalue weighted by atomic mass is 10.3. The van der Waals surface area contributed by atoms with Crippen LogP contribution in [0.1, 0.15) is 0 Å². The number of primary sulfonamides is 1. The van der Waals surface area contributed by atoms with E-state index in [0.717, 1.165) is 0 Å². The number of H-pyrrole nitrogens is 1. The average Bonchev–Trinajstić information content (AvgIpc) is 2.78. The zero-order valence-corrected chi connectivity index (χ0v) is 10.2. The van der Waals surface area contributed by atoms with Crippen molar-refractivity contribution in [3.63, 3.8) is 0 Å². The number of hydrogen-bond donors (Lipinski definition) is 3. The van der Waals surface area contributed by atoms with Gasteiger partial charge in [-0.2, -0.15) is 0 Å². The fourth-order valence-electron chi connectivity index (χ4n) is 0.970. The van der Waals surface area contributed by atoms with Gasteiger partial charge < -0.3 is 10.7 Å². The summed E-state index contributed by atoms with van der Waals surface area (Å²) in [7, 11) is -3.77. The lowest BCUT2D eigenvalue weighted by molar-refractivity contribution is 0.598. The summed E-state index contributed by atoms with van der Waals surface area (Å²) >= 11 is 5.55. The summed E-state index contributed by atoms with van der Waals surface area (Å²) in [6.45, 7) is 0. The predicted octanol–water partition coefficient (Wildman–Crippen LogP) is 0.979. The van der Waals surface area contributed by atoms with E-state index in [1.165, 1.54) is 18.2 Å². The summed E-state index contributed by atoms with van der Waals surface area (Å²) in [6.07, 6.45) is 5.08. The van der Waals surface area contributed by atoms with Gasteiger partial charge in [0.1, 0.15) is 4.90 Å². The van der Waals surface area contributed by atoms with Crippen LogP contribution in [-0.4, -0.2) is 18.4 Å². The van der Waals surface area contributed by atoms with Crippen LogP contribution < -0.4 is 10.9 Å². The number of aromatic nitrogens is 2. The van der Waals surface area contributed by atoms with E-state index in [9.17, 15) is 8.42 Å². The fourth-order valence-corrected chi connectivity index (χ4v) is 1.89. The molecule has 6 nitrogen and oxygen atoms in total. The molecule has 0 radical (unpaired) electrons. The number of sulfonamides is 1. The van der Waals surface area contributed by atoms with Crippen molar-refractivity contribution in [2.45, 2.75) is 4.90 Å². The Morgan fingerprint density at radius 1 is 1.35 bits per heavy atom. The molecule has 5 N–H and O–H groups in total. The molecular weight excluding hydrogens is 264 g/mol. The summed E-state index contributed by atoms with van der Waals surface area (Å²) in [5.41, 5.74) is 5.46.